The molecule has 0 aliphatic carbocycles. The lowest BCUT2D eigenvalue weighted by Crippen LogP contribution is -2.15. The number of hydrogen-bond acceptors (Lipinski definition) is 4. The Balaban J connectivity index is 2.06. The summed E-state index contributed by atoms with van der Waals surface area (Å²) in [6.45, 7) is 1.97. The lowest BCUT2D eigenvalue weighted by Gasteiger charge is -2.11. The van der Waals surface area contributed by atoms with Gasteiger partial charge in [-0.1, -0.05) is 36.7 Å². The van der Waals surface area contributed by atoms with E-state index in [0.717, 1.165) is 16.7 Å². The summed E-state index contributed by atoms with van der Waals surface area (Å²) in [5, 5.41) is 0.421. The molecule has 3 rings (SSSR count). The van der Waals surface area contributed by atoms with E-state index in [4.69, 9.17) is 0 Å². The average Bonchev–Trinajstić information content (AvgIpc) is 2.82. The zero-order valence-electron chi connectivity index (χ0n) is 12.7. The largest absolute Gasteiger partial charge is 0.279 e. The van der Waals surface area contributed by atoms with Gasteiger partial charge < -0.3 is 0 Å². The fourth-order valence-corrected chi connectivity index (χ4v) is 4.39. The standard InChI is InChI=1S/C16H16N2O3S2/c1-3-11-6-4-5-7-14(11)17-23(20,21)12-8-9-15-13(10-12)16(19)18(2)22-15/h4-10,17H,3H2,1-2H3. The van der Waals surface area contributed by atoms with Crippen LogP contribution in [0.2, 0.25) is 0 Å². The van der Waals surface area contributed by atoms with Crippen LogP contribution >= 0.6 is 11.5 Å². The van der Waals surface area contributed by atoms with Gasteiger partial charge in [-0.2, -0.15) is 0 Å². The third-order valence-electron chi connectivity index (χ3n) is 3.66. The topological polar surface area (TPSA) is 68.2 Å². The van der Waals surface area contributed by atoms with Crippen molar-refractivity contribution >= 4 is 37.3 Å². The van der Waals surface area contributed by atoms with Gasteiger partial charge in [0.05, 0.1) is 20.7 Å². The van der Waals surface area contributed by atoms with Crippen molar-refractivity contribution in [1.29, 1.82) is 0 Å². The fraction of sp³-hybridized carbons (Fsp3) is 0.188. The maximum absolute atomic E-state index is 12.6. The normalized spacial score (nSPS) is 11.7. The lowest BCUT2D eigenvalue weighted by atomic mass is 10.1. The predicted molar refractivity (Wildman–Crippen MR) is 93.7 cm³/mol. The monoisotopic (exact) mass is 348 g/mol. The highest BCUT2D eigenvalue weighted by Gasteiger charge is 2.17. The summed E-state index contributed by atoms with van der Waals surface area (Å²) in [5.41, 5.74) is 1.30. The first-order valence-electron chi connectivity index (χ1n) is 7.13. The van der Waals surface area contributed by atoms with Gasteiger partial charge in [-0.25, -0.2) is 8.42 Å². The Labute approximate surface area is 138 Å². The summed E-state index contributed by atoms with van der Waals surface area (Å²) in [6, 6.07) is 11.9. The van der Waals surface area contributed by atoms with Gasteiger partial charge in [-0.15, -0.1) is 0 Å². The van der Waals surface area contributed by atoms with E-state index in [1.165, 1.54) is 27.6 Å². The minimum atomic E-state index is -3.74. The maximum Gasteiger partial charge on any atom is 0.268 e. The Kier molecular flexibility index (Phi) is 3.99. The SMILES string of the molecule is CCc1ccccc1NS(=O)(=O)c1ccc2sn(C)c(=O)c2c1. The highest BCUT2D eigenvalue weighted by atomic mass is 32.2. The van der Waals surface area contributed by atoms with Crippen molar-refractivity contribution in [3.8, 4) is 0 Å². The van der Waals surface area contributed by atoms with Gasteiger partial charge in [-0.05, 0) is 36.2 Å². The number of aryl methyl sites for hydroxylation is 2. The minimum Gasteiger partial charge on any atom is -0.279 e. The van der Waals surface area contributed by atoms with Crippen LogP contribution < -0.4 is 10.3 Å². The van der Waals surface area contributed by atoms with Gasteiger partial charge in [0.15, 0.2) is 0 Å². The first-order chi connectivity index (χ1) is 10.9. The van der Waals surface area contributed by atoms with Crippen LogP contribution in [0.25, 0.3) is 10.1 Å². The third-order valence-corrected chi connectivity index (χ3v) is 6.01. The van der Waals surface area contributed by atoms with Crippen LogP contribution in [0, 0.1) is 0 Å². The predicted octanol–water partition coefficient (Wildman–Crippen LogP) is 2.96. The molecule has 0 aliphatic heterocycles. The van der Waals surface area contributed by atoms with E-state index >= 15 is 0 Å². The zero-order chi connectivity index (χ0) is 16.6. The van der Waals surface area contributed by atoms with Crippen molar-refractivity contribution in [1.82, 2.24) is 3.96 Å². The molecular weight excluding hydrogens is 332 g/mol. The minimum absolute atomic E-state index is 0.0893. The van der Waals surface area contributed by atoms with Gasteiger partial charge in [0.25, 0.3) is 15.6 Å². The molecule has 1 aromatic heterocycles. The second kappa shape index (κ2) is 5.82. The van der Waals surface area contributed by atoms with Crippen molar-refractivity contribution in [2.75, 3.05) is 4.72 Å². The van der Waals surface area contributed by atoms with Crippen LogP contribution in [0.1, 0.15) is 12.5 Å². The van der Waals surface area contributed by atoms with Crippen molar-refractivity contribution in [3.05, 3.63) is 58.4 Å². The molecule has 0 atom stereocenters. The molecule has 0 unspecified atom stereocenters. The number of hydrogen-bond donors (Lipinski definition) is 1. The molecule has 3 aromatic rings. The zero-order valence-corrected chi connectivity index (χ0v) is 14.4. The molecule has 0 saturated heterocycles. The summed E-state index contributed by atoms with van der Waals surface area (Å²) < 4.78 is 30.1. The molecule has 0 aliphatic rings. The van der Waals surface area contributed by atoms with E-state index in [1.54, 1.807) is 25.2 Å². The number of nitrogens with zero attached hydrogens (tertiary/aromatic N) is 1. The highest BCUT2D eigenvalue weighted by Crippen LogP contribution is 2.24. The first-order valence-corrected chi connectivity index (χ1v) is 9.39. The van der Waals surface area contributed by atoms with Gasteiger partial charge in [0, 0.05) is 7.05 Å². The number of fused-ring (bicyclic) bond motifs is 1. The molecule has 0 bridgehead atoms. The number of rotatable bonds is 4. The molecule has 0 saturated carbocycles. The molecule has 1 heterocycles. The first kappa shape index (κ1) is 15.8. The van der Waals surface area contributed by atoms with Crippen LogP contribution in [-0.4, -0.2) is 12.4 Å². The van der Waals surface area contributed by atoms with E-state index in [1.807, 2.05) is 19.1 Å². The van der Waals surface area contributed by atoms with Crippen molar-refractivity contribution in [2.24, 2.45) is 7.05 Å². The van der Waals surface area contributed by atoms with E-state index < -0.39 is 10.0 Å². The molecule has 0 spiro atoms. The number of aromatic nitrogens is 1. The van der Waals surface area contributed by atoms with Crippen molar-refractivity contribution in [3.63, 3.8) is 0 Å². The van der Waals surface area contributed by atoms with Gasteiger partial charge >= 0.3 is 0 Å². The quantitative estimate of drug-likeness (QED) is 0.788. The van der Waals surface area contributed by atoms with Crippen LogP contribution in [-0.2, 0) is 23.5 Å². The summed E-state index contributed by atoms with van der Waals surface area (Å²) in [6.07, 6.45) is 0.725. The number of benzene rings is 2. The molecule has 0 radical (unpaired) electrons. The van der Waals surface area contributed by atoms with Crippen LogP contribution in [0.15, 0.2) is 52.2 Å². The summed E-state index contributed by atoms with van der Waals surface area (Å²) >= 11 is 1.30. The van der Waals surface area contributed by atoms with Crippen LogP contribution in [0.3, 0.4) is 0 Å². The molecule has 1 N–H and O–H groups in total. The number of para-hydroxylation sites is 1. The molecule has 2 aromatic carbocycles. The molecule has 7 heteroatoms. The number of anilines is 1. The van der Waals surface area contributed by atoms with E-state index in [-0.39, 0.29) is 10.5 Å². The van der Waals surface area contributed by atoms with Crippen LogP contribution in [0.5, 0.6) is 0 Å². The smallest absolute Gasteiger partial charge is 0.268 e. The summed E-state index contributed by atoms with van der Waals surface area (Å²) in [5.74, 6) is 0. The van der Waals surface area contributed by atoms with Crippen molar-refractivity contribution in [2.45, 2.75) is 18.2 Å². The number of nitrogens with one attached hydrogen (secondary N) is 1. The number of sulfonamides is 1. The Morgan fingerprint density at radius 1 is 1.17 bits per heavy atom. The summed E-state index contributed by atoms with van der Waals surface area (Å²) in [4.78, 5) is 12.1. The second-order valence-corrected chi connectivity index (χ2v) is 8.02. The van der Waals surface area contributed by atoms with Crippen molar-refractivity contribution < 1.29 is 8.42 Å². The fourth-order valence-electron chi connectivity index (χ4n) is 2.41. The Morgan fingerprint density at radius 3 is 2.65 bits per heavy atom. The Hall–Kier alpha value is -2.12. The third kappa shape index (κ3) is 2.89. The Morgan fingerprint density at radius 2 is 1.91 bits per heavy atom. The molecule has 120 valence electrons. The molecule has 0 fully saturated rings. The average molecular weight is 348 g/mol. The summed E-state index contributed by atoms with van der Waals surface area (Å²) in [7, 11) is -2.07. The van der Waals surface area contributed by atoms with Crippen LogP contribution in [0.4, 0.5) is 5.69 Å². The molecular formula is C16H16N2O3S2. The molecule has 0 amide bonds. The molecule has 5 nitrogen and oxygen atoms in total. The van der Waals surface area contributed by atoms with E-state index in [2.05, 4.69) is 4.72 Å². The lowest BCUT2D eigenvalue weighted by molar-refractivity contribution is 0.601. The van der Waals surface area contributed by atoms with Gasteiger partial charge in [-0.3, -0.25) is 13.5 Å². The second-order valence-electron chi connectivity index (χ2n) is 5.17. The maximum atomic E-state index is 12.6. The van der Waals surface area contributed by atoms with E-state index in [9.17, 15) is 13.2 Å². The van der Waals surface area contributed by atoms with Gasteiger partial charge in [0.2, 0.25) is 0 Å². The van der Waals surface area contributed by atoms with E-state index in [0.29, 0.717) is 11.1 Å². The highest BCUT2D eigenvalue weighted by molar-refractivity contribution is 7.92. The van der Waals surface area contributed by atoms with Gasteiger partial charge in [0.1, 0.15) is 0 Å². The Bertz CT molecular complexity index is 1030. The molecule has 23 heavy (non-hydrogen) atoms.